The minimum Gasteiger partial charge on any atom is -0.464 e. The standard InChI is InChI=1S/C29H37F2NO7/c1-4-23-19(3)25(37-17-20-12-8-6-9-13-20)24(33)26(39-23)29(30,31)16-22(27(34)36-5-2)32-28(35)38-18-21-14-10-7-11-15-21/h6-15,19,22-26,33H,4-5,16-18H2,1-3H3,(H,32,35)/t19-,22-,23+,24+,25-,26-/m0/s1. The lowest BCUT2D eigenvalue weighted by Crippen LogP contribution is -2.61. The molecule has 2 aromatic rings. The van der Waals surface area contributed by atoms with E-state index in [4.69, 9.17) is 18.9 Å². The van der Waals surface area contributed by atoms with E-state index in [0.29, 0.717) is 12.0 Å². The number of alkyl carbamates (subject to hydrolysis) is 1. The van der Waals surface area contributed by atoms with Crippen LogP contribution in [0.2, 0.25) is 0 Å². The third kappa shape index (κ3) is 8.45. The highest BCUT2D eigenvalue weighted by molar-refractivity contribution is 5.81. The van der Waals surface area contributed by atoms with Gasteiger partial charge in [-0.25, -0.2) is 18.4 Å². The number of hydrogen-bond donors (Lipinski definition) is 2. The van der Waals surface area contributed by atoms with Gasteiger partial charge in [-0.15, -0.1) is 0 Å². The molecule has 1 saturated heterocycles. The van der Waals surface area contributed by atoms with Crippen molar-refractivity contribution >= 4 is 12.1 Å². The number of esters is 1. The van der Waals surface area contributed by atoms with Gasteiger partial charge in [-0.2, -0.15) is 0 Å². The number of halogens is 2. The van der Waals surface area contributed by atoms with E-state index in [1.807, 2.05) is 30.3 Å². The van der Waals surface area contributed by atoms with Crippen LogP contribution in [0, 0.1) is 5.92 Å². The maximum Gasteiger partial charge on any atom is 0.408 e. The van der Waals surface area contributed by atoms with Crippen molar-refractivity contribution in [3.8, 4) is 0 Å². The third-order valence-electron chi connectivity index (χ3n) is 6.73. The number of hydrogen-bond acceptors (Lipinski definition) is 7. The van der Waals surface area contributed by atoms with Gasteiger partial charge < -0.3 is 29.4 Å². The molecule has 2 aromatic carbocycles. The van der Waals surface area contributed by atoms with E-state index in [0.717, 1.165) is 5.56 Å². The summed E-state index contributed by atoms with van der Waals surface area (Å²) in [5, 5.41) is 13.2. The van der Waals surface area contributed by atoms with E-state index in [1.54, 1.807) is 44.2 Å². The van der Waals surface area contributed by atoms with Gasteiger partial charge in [-0.3, -0.25) is 0 Å². The maximum atomic E-state index is 15.7. The van der Waals surface area contributed by atoms with Crippen LogP contribution in [-0.2, 0) is 37.0 Å². The molecular formula is C29H37F2NO7. The summed E-state index contributed by atoms with van der Waals surface area (Å²) in [5.74, 6) is -5.14. The largest absolute Gasteiger partial charge is 0.464 e. The molecule has 10 heteroatoms. The van der Waals surface area contributed by atoms with Crippen LogP contribution in [0.5, 0.6) is 0 Å². The molecule has 1 heterocycles. The average Bonchev–Trinajstić information content (AvgIpc) is 2.92. The summed E-state index contributed by atoms with van der Waals surface area (Å²) in [6, 6.07) is 16.2. The van der Waals surface area contributed by atoms with Crippen molar-refractivity contribution in [3.63, 3.8) is 0 Å². The van der Waals surface area contributed by atoms with Crippen molar-refractivity contribution in [1.82, 2.24) is 5.32 Å². The Kier molecular flexibility index (Phi) is 11.2. The summed E-state index contributed by atoms with van der Waals surface area (Å²) >= 11 is 0. The molecule has 214 valence electrons. The van der Waals surface area contributed by atoms with E-state index < -0.39 is 54.9 Å². The monoisotopic (exact) mass is 549 g/mol. The van der Waals surface area contributed by atoms with Crippen LogP contribution in [0.15, 0.2) is 60.7 Å². The van der Waals surface area contributed by atoms with Gasteiger partial charge in [0.15, 0.2) is 0 Å². The summed E-state index contributed by atoms with van der Waals surface area (Å²) in [6.45, 7) is 5.05. The second kappa shape index (κ2) is 14.3. The van der Waals surface area contributed by atoms with Crippen LogP contribution in [0.3, 0.4) is 0 Å². The highest BCUT2D eigenvalue weighted by Gasteiger charge is 2.55. The van der Waals surface area contributed by atoms with Gasteiger partial charge in [0.25, 0.3) is 5.92 Å². The SMILES string of the molecule is CCOC(=O)[C@H](CC(F)(F)[C@H]1O[C@H](CC)[C@H](C)[C@H](OCc2ccccc2)[C@H]1O)NC(=O)OCc1ccccc1. The first-order valence-electron chi connectivity index (χ1n) is 13.2. The fourth-order valence-electron chi connectivity index (χ4n) is 4.65. The molecule has 0 spiro atoms. The maximum absolute atomic E-state index is 15.7. The molecular weight excluding hydrogens is 512 g/mol. The van der Waals surface area contributed by atoms with E-state index >= 15 is 8.78 Å². The van der Waals surface area contributed by atoms with Crippen LogP contribution >= 0.6 is 0 Å². The molecule has 0 saturated carbocycles. The van der Waals surface area contributed by atoms with Crippen molar-refractivity contribution in [2.24, 2.45) is 5.92 Å². The molecule has 1 amide bonds. The van der Waals surface area contributed by atoms with Gasteiger partial charge in [0.1, 0.15) is 24.9 Å². The lowest BCUT2D eigenvalue weighted by atomic mass is 9.83. The molecule has 0 unspecified atom stereocenters. The zero-order valence-corrected chi connectivity index (χ0v) is 22.4. The van der Waals surface area contributed by atoms with Gasteiger partial charge in [0.05, 0.1) is 25.4 Å². The van der Waals surface area contributed by atoms with Crippen molar-refractivity contribution in [2.75, 3.05) is 6.61 Å². The second-order valence-corrected chi connectivity index (χ2v) is 9.59. The van der Waals surface area contributed by atoms with Gasteiger partial charge in [-0.1, -0.05) is 74.5 Å². The number of benzene rings is 2. The molecule has 1 aliphatic rings. The number of carbonyl (C=O) groups excluding carboxylic acids is 2. The van der Waals surface area contributed by atoms with Gasteiger partial charge >= 0.3 is 12.1 Å². The highest BCUT2D eigenvalue weighted by atomic mass is 19.3. The minimum absolute atomic E-state index is 0.0744. The Labute approximate surface area is 227 Å². The molecule has 0 radical (unpaired) electrons. The Hall–Kier alpha value is -3.08. The second-order valence-electron chi connectivity index (χ2n) is 9.59. The van der Waals surface area contributed by atoms with Crippen LogP contribution in [0.1, 0.15) is 44.7 Å². The quantitative estimate of drug-likeness (QED) is 0.372. The van der Waals surface area contributed by atoms with Gasteiger partial charge in [0, 0.05) is 12.3 Å². The first kappa shape index (κ1) is 30.5. The molecule has 0 bridgehead atoms. The summed E-state index contributed by atoms with van der Waals surface area (Å²) in [6.07, 6.45) is -7.02. The highest BCUT2D eigenvalue weighted by Crippen LogP contribution is 2.39. The molecule has 1 fully saturated rings. The lowest BCUT2D eigenvalue weighted by molar-refractivity contribution is -0.273. The fraction of sp³-hybridized carbons (Fsp3) is 0.517. The molecule has 8 nitrogen and oxygen atoms in total. The van der Waals surface area contributed by atoms with Crippen molar-refractivity contribution < 1.29 is 42.4 Å². The normalized spacial score (nSPS) is 24.0. The van der Waals surface area contributed by atoms with E-state index in [1.165, 1.54) is 6.92 Å². The Morgan fingerprint density at radius 1 is 1.00 bits per heavy atom. The molecule has 39 heavy (non-hydrogen) atoms. The predicted octanol–water partition coefficient (Wildman–Crippen LogP) is 4.63. The van der Waals surface area contributed by atoms with Crippen molar-refractivity contribution in [3.05, 3.63) is 71.8 Å². The molecule has 2 N–H and O–H groups in total. The molecule has 3 rings (SSSR count). The number of ether oxygens (including phenoxy) is 4. The summed E-state index contributed by atoms with van der Waals surface area (Å²) in [7, 11) is 0. The van der Waals surface area contributed by atoms with Crippen LogP contribution in [-0.4, -0.2) is 60.2 Å². The smallest absolute Gasteiger partial charge is 0.408 e. The van der Waals surface area contributed by atoms with Gasteiger partial charge in [0.2, 0.25) is 0 Å². The van der Waals surface area contributed by atoms with E-state index in [9.17, 15) is 14.7 Å². The number of aliphatic hydroxyl groups excluding tert-OH is 1. The predicted molar refractivity (Wildman–Crippen MR) is 139 cm³/mol. The van der Waals surface area contributed by atoms with E-state index in [-0.39, 0.29) is 25.7 Å². The van der Waals surface area contributed by atoms with Crippen LogP contribution in [0.4, 0.5) is 13.6 Å². The first-order chi connectivity index (χ1) is 18.7. The number of rotatable bonds is 12. The number of carbonyl (C=O) groups is 2. The summed E-state index contributed by atoms with van der Waals surface area (Å²) < 4.78 is 53.1. The summed E-state index contributed by atoms with van der Waals surface area (Å²) in [4.78, 5) is 24.9. The number of aliphatic hydroxyl groups is 1. The number of alkyl halides is 2. The minimum atomic E-state index is -3.73. The fourth-order valence-corrected chi connectivity index (χ4v) is 4.65. The van der Waals surface area contributed by atoms with Crippen LogP contribution < -0.4 is 5.32 Å². The molecule has 0 aromatic heterocycles. The third-order valence-corrected chi connectivity index (χ3v) is 6.73. The zero-order valence-electron chi connectivity index (χ0n) is 22.4. The Bertz CT molecular complexity index is 1040. The molecule has 6 atom stereocenters. The molecule has 1 aliphatic heterocycles. The van der Waals surface area contributed by atoms with Crippen molar-refractivity contribution in [2.45, 2.75) is 83.2 Å². The van der Waals surface area contributed by atoms with Crippen LogP contribution in [0.25, 0.3) is 0 Å². The topological polar surface area (TPSA) is 103 Å². The first-order valence-corrected chi connectivity index (χ1v) is 13.2. The lowest BCUT2D eigenvalue weighted by Gasteiger charge is -2.46. The summed E-state index contributed by atoms with van der Waals surface area (Å²) in [5.41, 5.74) is 1.52. The Balaban J connectivity index is 1.72. The van der Waals surface area contributed by atoms with Crippen molar-refractivity contribution in [1.29, 1.82) is 0 Å². The number of amides is 1. The Morgan fingerprint density at radius 2 is 1.59 bits per heavy atom. The number of nitrogens with one attached hydrogen (secondary N) is 1. The Morgan fingerprint density at radius 3 is 2.15 bits per heavy atom. The van der Waals surface area contributed by atoms with Gasteiger partial charge in [-0.05, 0) is 24.5 Å². The molecule has 0 aliphatic carbocycles. The zero-order chi connectivity index (χ0) is 28.4. The van der Waals surface area contributed by atoms with E-state index in [2.05, 4.69) is 5.32 Å². The average molecular weight is 550 g/mol.